The third-order valence-electron chi connectivity index (χ3n) is 3.75. The minimum Gasteiger partial charge on any atom is -0.368 e. The summed E-state index contributed by atoms with van der Waals surface area (Å²) in [6.45, 7) is 13.0. The smallest absolute Gasteiger partial charge is 0.239 e. The largest absolute Gasteiger partial charge is 0.368 e. The number of likely N-dealkylation sites (N-methyl/N-ethyl adjacent to an activating group) is 1. The third kappa shape index (κ3) is 3.45. The van der Waals surface area contributed by atoms with Gasteiger partial charge in [0, 0.05) is 19.6 Å². The van der Waals surface area contributed by atoms with Crippen molar-refractivity contribution in [1.82, 2.24) is 10.2 Å². The molecule has 2 atom stereocenters. The highest BCUT2D eigenvalue weighted by molar-refractivity contribution is 5.81. The molecule has 2 unspecified atom stereocenters. The summed E-state index contributed by atoms with van der Waals surface area (Å²) >= 11 is 0. The minimum atomic E-state index is -0.233. The van der Waals surface area contributed by atoms with E-state index in [0.29, 0.717) is 0 Å². The molecule has 1 aliphatic heterocycles. The Bertz CT molecular complexity index is 313. The molecule has 1 fully saturated rings. The second-order valence-corrected chi connectivity index (χ2v) is 6.46. The molecule has 4 heteroatoms. The quantitative estimate of drug-likeness (QED) is 0.834. The van der Waals surface area contributed by atoms with Crippen LogP contribution in [0.15, 0.2) is 0 Å². The van der Waals surface area contributed by atoms with Crippen LogP contribution < -0.4 is 5.32 Å². The van der Waals surface area contributed by atoms with Gasteiger partial charge in [0.25, 0.3) is 0 Å². The van der Waals surface area contributed by atoms with E-state index in [-0.39, 0.29) is 29.2 Å². The van der Waals surface area contributed by atoms with Crippen LogP contribution in [0.25, 0.3) is 0 Å². The van der Waals surface area contributed by atoms with Gasteiger partial charge in [-0.1, -0.05) is 0 Å². The van der Waals surface area contributed by atoms with Crippen LogP contribution in [0.4, 0.5) is 0 Å². The monoisotopic (exact) mass is 256 g/mol. The fourth-order valence-corrected chi connectivity index (χ4v) is 2.68. The Morgan fingerprint density at radius 1 is 1.44 bits per heavy atom. The second-order valence-electron chi connectivity index (χ2n) is 6.46. The Labute approximate surface area is 111 Å². The molecule has 1 rings (SSSR count). The lowest BCUT2D eigenvalue weighted by atomic mass is 9.94. The summed E-state index contributed by atoms with van der Waals surface area (Å²) in [6, 6.07) is 0.0356. The first-order valence-corrected chi connectivity index (χ1v) is 6.80. The predicted molar refractivity (Wildman–Crippen MR) is 73.6 cm³/mol. The molecule has 0 saturated carbocycles. The van der Waals surface area contributed by atoms with Gasteiger partial charge in [-0.25, -0.2) is 0 Å². The Morgan fingerprint density at radius 3 is 2.39 bits per heavy atom. The number of nitrogens with zero attached hydrogens (tertiary/aromatic N) is 1. The van der Waals surface area contributed by atoms with Crippen LogP contribution in [0.3, 0.4) is 0 Å². The van der Waals surface area contributed by atoms with E-state index in [1.54, 1.807) is 4.90 Å². The molecule has 0 aromatic heterocycles. The van der Waals surface area contributed by atoms with Gasteiger partial charge in [0.2, 0.25) is 5.91 Å². The van der Waals surface area contributed by atoms with Crippen molar-refractivity contribution in [1.29, 1.82) is 0 Å². The van der Waals surface area contributed by atoms with E-state index in [1.165, 1.54) is 0 Å². The average Bonchev–Trinajstić information content (AvgIpc) is 2.44. The standard InChI is InChI=1S/C14H28N2O2/c1-8-16(7)12(17)10(2)15-11-9-13(3,4)18-14(11,5)6/h10-11,15H,8-9H2,1-7H3. The van der Waals surface area contributed by atoms with Gasteiger partial charge in [-0.15, -0.1) is 0 Å². The first-order valence-electron chi connectivity index (χ1n) is 6.80. The van der Waals surface area contributed by atoms with Gasteiger partial charge >= 0.3 is 0 Å². The number of hydrogen-bond acceptors (Lipinski definition) is 3. The van der Waals surface area contributed by atoms with Gasteiger partial charge in [0.15, 0.2) is 0 Å². The van der Waals surface area contributed by atoms with E-state index >= 15 is 0 Å². The lowest BCUT2D eigenvalue weighted by Crippen LogP contribution is -2.52. The van der Waals surface area contributed by atoms with E-state index in [4.69, 9.17) is 4.74 Å². The molecule has 0 bridgehead atoms. The molecule has 1 heterocycles. The molecule has 4 nitrogen and oxygen atoms in total. The fraction of sp³-hybridized carbons (Fsp3) is 0.929. The van der Waals surface area contributed by atoms with Crippen LogP contribution in [0.2, 0.25) is 0 Å². The fourth-order valence-electron chi connectivity index (χ4n) is 2.68. The van der Waals surface area contributed by atoms with Gasteiger partial charge in [-0.3, -0.25) is 4.79 Å². The van der Waals surface area contributed by atoms with Crippen molar-refractivity contribution >= 4 is 5.91 Å². The summed E-state index contributed by atoms with van der Waals surface area (Å²) < 4.78 is 6.03. The number of ether oxygens (including phenoxy) is 1. The van der Waals surface area contributed by atoms with Crippen molar-refractivity contribution in [3.05, 3.63) is 0 Å². The summed E-state index contributed by atoms with van der Waals surface area (Å²) in [4.78, 5) is 13.8. The maximum Gasteiger partial charge on any atom is 0.239 e. The Kier molecular flexibility index (Phi) is 4.44. The highest BCUT2D eigenvalue weighted by Gasteiger charge is 2.46. The van der Waals surface area contributed by atoms with Gasteiger partial charge in [0.1, 0.15) is 0 Å². The third-order valence-corrected chi connectivity index (χ3v) is 3.75. The Balaban J connectivity index is 2.65. The van der Waals surface area contributed by atoms with Crippen molar-refractivity contribution in [2.75, 3.05) is 13.6 Å². The highest BCUT2D eigenvalue weighted by atomic mass is 16.5. The van der Waals surface area contributed by atoms with Gasteiger partial charge in [0.05, 0.1) is 17.2 Å². The van der Waals surface area contributed by atoms with Crippen molar-refractivity contribution in [2.24, 2.45) is 0 Å². The lowest BCUT2D eigenvalue weighted by Gasteiger charge is -2.30. The summed E-state index contributed by atoms with van der Waals surface area (Å²) in [5.74, 6) is 0.137. The number of amides is 1. The molecule has 0 aliphatic carbocycles. The normalized spacial score (nSPS) is 26.9. The molecule has 0 radical (unpaired) electrons. The molecule has 18 heavy (non-hydrogen) atoms. The van der Waals surface area contributed by atoms with Crippen molar-refractivity contribution in [2.45, 2.75) is 71.2 Å². The van der Waals surface area contributed by atoms with Crippen LogP contribution in [-0.4, -0.2) is 47.7 Å². The molecule has 0 aromatic rings. The first-order chi connectivity index (χ1) is 8.09. The van der Waals surface area contributed by atoms with Crippen molar-refractivity contribution < 1.29 is 9.53 Å². The minimum absolute atomic E-state index is 0.124. The Hall–Kier alpha value is -0.610. The molecule has 1 saturated heterocycles. The molecule has 106 valence electrons. The van der Waals surface area contributed by atoms with E-state index in [2.05, 4.69) is 33.0 Å². The lowest BCUT2D eigenvalue weighted by molar-refractivity contribution is -0.132. The summed E-state index contributed by atoms with van der Waals surface area (Å²) in [6.07, 6.45) is 0.924. The van der Waals surface area contributed by atoms with E-state index in [1.807, 2.05) is 20.9 Å². The summed E-state index contributed by atoms with van der Waals surface area (Å²) in [7, 11) is 1.83. The van der Waals surface area contributed by atoms with Crippen molar-refractivity contribution in [3.8, 4) is 0 Å². The van der Waals surface area contributed by atoms with E-state index in [0.717, 1.165) is 13.0 Å². The molecule has 0 aromatic carbocycles. The summed E-state index contributed by atoms with van der Waals surface area (Å²) in [5, 5.41) is 3.42. The van der Waals surface area contributed by atoms with Gasteiger partial charge in [-0.05, 0) is 48.0 Å². The van der Waals surface area contributed by atoms with Crippen LogP contribution in [0, 0.1) is 0 Å². The molecule has 1 N–H and O–H groups in total. The topological polar surface area (TPSA) is 41.6 Å². The molecule has 0 spiro atoms. The molecular weight excluding hydrogens is 228 g/mol. The number of carbonyl (C=O) groups excluding carboxylic acids is 1. The maximum absolute atomic E-state index is 12.1. The number of nitrogens with one attached hydrogen (secondary N) is 1. The van der Waals surface area contributed by atoms with Gasteiger partial charge < -0.3 is 15.0 Å². The Morgan fingerprint density at radius 2 is 2.00 bits per heavy atom. The van der Waals surface area contributed by atoms with E-state index < -0.39 is 0 Å². The van der Waals surface area contributed by atoms with Crippen LogP contribution in [0.1, 0.15) is 48.0 Å². The SMILES string of the molecule is CCN(C)C(=O)C(C)NC1CC(C)(C)OC1(C)C. The van der Waals surface area contributed by atoms with Crippen LogP contribution >= 0.6 is 0 Å². The van der Waals surface area contributed by atoms with Crippen LogP contribution in [0.5, 0.6) is 0 Å². The highest BCUT2D eigenvalue weighted by Crippen LogP contribution is 2.37. The zero-order valence-corrected chi connectivity index (χ0v) is 12.8. The number of rotatable bonds is 4. The predicted octanol–water partition coefficient (Wildman–Crippen LogP) is 1.79. The zero-order valence-electron chi connectivity index (χ0n) is 12.8. The maximum atomic E-state index is 12.1. The zero-order chi connectivity index (χ0) is 14.1. The molecule has 1 amide bonds. The first kappa shape index (κ1) is 15.4. The second kappa shape index (κ2) is 5.17. The molecular formula is C14H28N2O2. The summed E-state index contributed by atoms with van der Waals surface area (Å²) in [5.41, 5.74) is -0.358. The van der Waals surface area contributed by atoms with Crippen LogP contribution in [-0.2, 0) is 9.53 Å². The van der Waals surface area contributed by atoms with E-state index in [9.17, 15) is 4.79 Å². The number of carbonyl (C=O) groups is 1. The number of hydrogen-bond donors (Lipinski definition) is 1. The van der Waals surface area contributed by atoms with Gasteiger partial charge in [-0.2, -0.15) is 0 Å². The van der Waals surface area contributed by atoms with Crippen molar-refractivity contribution in [3.63, 3.8) is 0 Å². The average molecular weight is 256 g/mol. The molecule has 1 aliphatic rings.